The zero-order chi connectivity index (χ0) is 19.2. The minimum Gasteiger partial charge on any atom is -0.323 e. The van der Waals surface area contributed by atoms with Gasteiger partial charge in [0.2, 0.25) is 5.91 Å². The summed E-state index contributed by atoms with van der Waals surface area (Å²) in [6.07, 6.45) is 4.64. The van der Waals surface area contributed by atoms with E-state index in [1.807, 2.05) is 20.8 Å². The van der Waals surface area contributed by atoms with E-state index in [-0.39, 0.29) is 11.7 Å². The molecule has 1 amide bonds. The van der Waals surface area contributed by atoms with E-state index in [9.17, 15) is 9.18 Å². The Bertz CT molecular complexity index is 1000. The van der Waals surface area contributed by atoms with Crippen LogP contribution in [0.15, 0.2) is 36.7 Å². The molecule has 3 aromatic rings. The van der Waals surface area contributed by atoms with E-state index in [0.717, 1.165) is 35.4 Å². The molecule has 0 bridgehead atoms. The summed E-state index contributed by atoms with van der Waals surface area (Å²) >= 11 is 0. The van der Waals surface area contributed by atoms with Crippen molar-refractivity contribution >= 4 is 11.6 Å². The third-order valence-electron chi connectivity index (χ3n) is 5.32. The van der Waals surface area contributed by atoms with Gasteiger partial charge >= 0.3 is 0 Å². The highest BCUT2D eigenvalue weighted by Gasteiger charge is 2.51. The molecule has 0 unspecified atom stereocenters. The normalized spacial score (nSPS) is 14.8. The minimum absolute atomic E-state index is 0.118. The second-order valence-electron chi connectivity index (χ2n) is 7.02. The first-order chi connectivity index (χ1) is 12.9. The van der Waals surface area contributed by atoms with Gasteiger partial charge in [-0.1, -0.05) is 12.1 Å². The summed E-state index contributed by atoms with van der Waals surface area (Å²) in [5.41, 5.74) is 3.79. The largest absolute Gasteiger partial charge is 0.323 e. The highest BCUT2D eigenvalue weighted by molar-refractivity contribution is 6.01. The molecule has 27 heavy (non-hydrogen) atoms. The number of nitrogens with one attached hydrogen (secondary N) is 1. The van der Waals surface area contributed by atoms with E-state index in [0.29, 0.717) is 11.6 Å². The summed E-state index contributed by atoms with van der Waals surface area (Å²) in [5.74, 6) is 0.0344. The van der Waals surface area contributed by atoms with Crippen molar-refractivity contribution in [2.24, 2.45) is 0 Å². The molecule has 1 aliphatic carbocycles. The SMILES string of the molecule is Cc1nn(-c2ncc(NC(=O)C3(c4ccc(F)cc4)CC3)cn2)c(C)c1C. The van der Waals surface area contributed by atoms with Gasteiger partial charge in [-0.15, -0.1) is 0 Å². The summed E-state index contributed by atoms with van der Waals surface area (Å²) < 4.78 is 14.8. The van der Waals surface area contributed by atoms with Gasteiger partial charge in [0.25, 0.3) is 5.95 Å². The van der Waals surface area contributed by atoms with Crippen LogP contribution in [-0.2, 0) is 10.2 Å². The van der Waals surface area contributed by atoms with Crippen LogP contribution in [0.2, 0.25) is 0 Å². The van der Waals surface area contributed by atoms with E-state index in [1.54, 1.807) is 29.2 Å². The summed E-state index contributed by atoms with van der Waals surface area (Å²) in [4.78, 5) is 21.4. The molecule has 1 fully saturated rings. The van der Waals surface area contributed by atoms with Crippen molar-refractivity contribution in [3.05, 3.63) is 65.0 Å². The number of aryl methyl sites for hydroxylation is 1. The monoisotopic (exact) mass is 365 g/mol. The molecule has 1 saturated carbocycles. The average Bonchev–Trinajstić information content (AvgIpc) is 3.43. The molecule has 4 rings (SSSR count). The van der Waals surface area contributed by atoms with E-state index >= 15 is 0 Å². The minimum atomic E-state index is -0.584. The van der Waals surface area contributed by atoms with Crippen molar-refractivity contribution in [2.75, 3.05) is 5.32 Å². The number of rotatable bonds is 4. The van der Waals surface area contributed by atoms with Gasteiger partial charge in [0, 0.05) is 5.69 Å². The molecule has 0 spiro atoms. The van der Waals surface area contributed by atoms with Crippen molar-refractivity contribution in [3.8, 4) is 5.95 Å². The average molecular weight is 365 g/mol. The summed E-state index contributed by atoms with van der Waals surface area (Å²) in [6, 6.07) is 6.12. The van der Waals surface area contributed by atoms with Crippen LogP contribution in [0.4, 0.5) is 10.1 Å². The lowest BCUT2D eigenvalue weighted by molar-refractivity contribution is -0.118. The highest BCUT2D eigenvalue weighted by atomic mass is 19.1. The molecule has 2 heterocycles. The number of amides is 1. The van der Waals surface area contributed by atoms with E-state index in [4.69, 9.17) is 0 Å². The maximum absolute atomic E-state index is 13.2. The van der Waals surface area contributed by atoms with Crippen molar-refractivity contribution in [1.29, 1.82) is 0 Å². The molecule has 0 saturated heterocycles. The van der Waals surface area contributed by atoms with Crippen molar-refractivity contribution < 1.29 is 9.18 Å². The van der Waals surface area contributed by atoms with E-state index < -0.39 is 5.41 Å². The molecule has 1 N–H and O–H groups in total. The fourth-order valence-corrected chi connectivity index (χ4v) is 3.20. The Labute approximate surface area is 156 Å². The molecular weight excluding hydrogens is 345 g/mol. The maximum atomic E-state index is 13.2. The van der Waals surface area contributed by atoms with Gasteiger partial charge < -0.3 is 5.32 Å². The van der Waals surface area contributed by atoms with E-state index in [1.165, 1.54) is 12.1 Å². The Hall–Kier alpha value is -3.09. The second-order valence-corrected chi connectivity index (χ2v) is 7.02. The Morgan fingerprint density at radius 3 is 2.26 bits per heavy atom. The van der Waals surface area contributed by atoms with Crippen LogP contribution >= 0.6 is 0 Å². The topological polar surface area (TPSA) is 72.7 Å². The lowest BCUT2D eigenvalue weighted by atomic mass is 9.95. The van der Waals surface area contributed by atoms with Gasteiger partial charge in [0.1, 0.15) is 5.82 Å². The zero-order valence-electron chi connectivity index (χ0n) is 15.5. The van der Waals surface area contributed by atoms with Gasteiger partial charge in [-0.3, -0.25) is 4.79 Å². The predicted molar refractivity (Wildman–Crippen MR) is 99.3 cm³/mol. The molecule has 2 aromatic heterocycles. The number of benzene rings is 1. The summed E-state index contributed by atoms with van der Waals surface area (Å²) in [5, 5.41) is 7.32. The van der Waals surface area contributed by atoms with Gasteiger partial charge in [0.15, 0.2) is 0 Å². The molecule has 1 aliphatic rings. The standard InChI is InChI=1S/C20H20FN5O/c1-12-13(2)25-26(14(12)3)19-22-10-17(11-23-19)24-18(27)20(8-9-20)15-4-6-16(21)7-5-15/h4-7,10-11H,8-9H2,1-3H3,(H,24,27). The van der Waals surface area contributed by atoms with Crippen LogP contribution < -0.4 is 5.32 Å². The predicted octanol–water partition coefficient (Wildman–Crippen LogP) is 3.40. The fraction of sp³-hybridized carbons (Fsp3) is 0.300. The second kappa shape index (κ2) is 6.26. The smallest absolute Gasteiger partial charge is 0.250 e. The lowest BCUT2D eigenvalue weighted by Gasteiger charge is -2.15. The number of carbonyl (C=O) groups is 1. The zero-order valence-corrected chi connectivity index (χ0v) is 15.5. The van der Waals surface area contributed by atoms with Gasteiger partial charge in [-0.05, 0) is 56.9 Å². The van der Waals surface area contributed by atoms with Gasteiger partial charge in [-0.2, -0.15) is 5.10 Å². The Morgan fingerprint density at radius 1 is 1.11 bits per heavy atom. The number of carbonyl (C=O) groups excluding carboxylic acids is 1. The molecule has 6 nitrogen and oxygen atoms in total. The number of hydrogen-bond acceptors (Lipinski definition) is 4. The van der Waals surface area contributed by atoms with Crippen molar-refractivity contribution in [2.45, 2.75) is 39.0 Å². The number of aromatic nitrogens is 4. The number of nitrogens with zero attached hydrogens (tertiary/aromatic N) is 4. The molecule has 0 atom stereocenters. The first-order valence-corrected chi connectivity index (χ1v) is 8.83. The Kier molecular flexibility index (Phi) is 4.02. The third kappa shape index (κ3) is 2.99. The van der Waals surface area contributed by atoms with Crippen LogP contribution in [0.25, 0.3) is 5.95 Å². The lowest BCUT2D eigenvalue weighted by Crippen LogP contribution is -2.28. The van der Waals surface area contributed by atoms with Crippen molar-refractivity contribution in [1.82, 2.24) is 19.7 Å². The van der Waals surface area contributed by atoms with Gasteiger partial charge in [-0.25, -0.2) is 19.0 Å². The number of halogens is 1. The van der Waals surface area contributed by atoms with Crippen molar-refractivity contribution in [3.63, 3.8) is 0 Å². The van der Waals surface area contributed by atoms with Crippen LogP contribution in [0.1, 0.15) is 35.4 Å². The maximum Gasteiger partial charge on any atom is 0.250 e. The van der Waals surface area contributed by atoms with Crippen LogP contribution in [-0.4, -0.2) is 25.7 Å². The molecule has 7 heteroatoms. The Balaban J connectivity index is 1.52. The molecule has 138 valence electrons. The van der Waals surface area contributed by atoms with Crippen LogP contribution in [0.3, 0.4) is 0 Å². The highest BCUT2D eigenvalue weighted by Crippen LogP contribution is 2.49. The van der Waals surface area contributed by atoms with Crippen LogP contribution in [0.5, 0.6) is 0 Å². The van der Waals surface area contributed by atoms with E-state index in [2.05, 4.69) is 20.4 Å². The van der Waals surface area contributed by atoms with Gasteiger partial charge in [0.05, 0.1) is 29.2 Å². The summed E-state index contributed by atoms with van der Waals surface area (Å²) in [6.45, 7) is 5.92. The fourth-order valence-electron chi connectivity index (χ4n) is 3.20. The molecular formula is C20H20FN5O. The number of hydrogen-bond donors (Lipinski definition) is 1. The molecule has 0 aliphatic heterocycles. The first kappa shape index (κ1) is 17.3. The number of anilines is 1. The third-order valence-corrected chi connectivity index (χ3v) is 5.32. The van der Waals surface area contributed by atoms with Crippen LogP contribution in [0, 0.1) is 26.6 Å². The molecule has 0 radical (unpaired) electrons. The first-order valence-electron chi connectivity index (χ1n) is 8.83. The molecule has 1 aromatic carbocycles. The quantitative estimate of drug-likeness (QED) is 0.769. The summed E-state index contributed by atoms with van der Waals surface area (Å²) in [7, 11) is 0. The Morgan fingerprint density at radius 2 is 1.74 bits per heavy atom.